The number of alkyl halides is 5. The van der Waals surface area contributed by atoms with Crippen LogP contribution < -0.4 is 26.5 Å². The number of amides is 2. The number of fused-ring (bicyclic) bond motifs is 6. The summed E-state index contributed by atoms with van der Waals surface area (Å²) in [6.07, 6.45) is 7.54. The van der Waals surface area contributed by atoms with Crippen molar-refractivity contribution in [3.05, 3.63) is 99.8 Å². The third-order valence-corrected chi connectivity index (χ3v) is 19.7. The van der Waals surface area contributed by atoms with Crippen molar-refractivity contribution >= 4 is 72.0 Å². The van der Waals surface area contributed by atoms with Crippen LogP contribution in [-0.4, -0.2) is 142 Å². The molecule has 5 N–H and O–H groups in total. The zero-order valence-electron chi connectivity index (χ0n) is 50.7. The lowest BCUT2D eigenvalue weighted by molar-refractivity contribution is -0.137. The summed E-state index contributed by atoms with van der Waals surface area (Å²) in [5, 5.41) is 17.7. The van der Waals surface area contributed by atoms with Gasteiger partial charge in [0.25, 0.3) is 5.92 Å². The highest BCUT2D eigenvalue weighted by Gasteiger charge is 2.68. The molecule has 0 spiro atoms. The predicted molar refractivity (Wildman–Crippen MR) is 333 cm³/mol. The van der Waals surface area contributed by atoms with Crippen LogP contribution in [0.3, 0.4) is 0 Å². The number of halogens is 5. The fourth-order valence-corrected chi connectivity index (χ4v) is 14.1. The second kappa shape index (κ2) is 26.2. The number of piperazine rings is 1. The number of piperidine rings is 1. The van der Waals surface area contributed by atoms with Crippen molar-refractivity contribution in [3.63, 3.8) is 0 Å². The number of carbonyl (C=O) groups is 2. The fraction of sp³-hybridized carbons (Fsp3) is 0.540. The molecule has 23 heteroatoms. The van der Waals surface area contributed by atoms with Crippen LogP contribution >= 0.6 is 22.7 Å². The number of ether oxygens (including phenoxy) is 1. The Bertz CT molecular complexity index is 3550. The number of aromatic amines is 2. The Morgan fingerprint density at radius 2 is 1.70 bits per heavy atom. The first-order valence-corrected chi connectivity index (χ1v) is 31.2. The van der Waals surface area contributed by atoms with Gasteiger partial charge in [-0.05, 0) is 126 Å². The molecule has 2 aromatic carbocycles. The summed E-state index contributed by atoms with van der Waals surface area (Å²) in [6, 6.07) is 12.8. The molecule has 5 atom stereocenters. The molecule has 9 heterocycles. The maximum absolute atomic E-state index is 14.3. The predicted octanol–water partition coefficient (Wildman–Crippen LogP) is 11.7. The molecular weight excluding hydrogens is 1150 g/mol. The number of hydrogen-bond donors (Lipinski definition) is 5. The van der Waals surface area contributed by atoms with Crippen LogP contribution in [0.25, 0.3) is 52.9 Å². The summed E-state index contributed by atoms with van der Waals surface area (Å²) < 4.78 is 76.1. The summed E-state index contributed by atoms with van der Waals surface area (Å²) in [7, 11) is 2.19. The smallest absolute Gasteiger partial charge is 0.371 e. The van der Waals surface area contributed by atoms with Crippen molar-refractivity contribution in [2.75, 3.05) is 64.4 Å². The van der Waals surface area contributed by atoms with Gasteiger partial charge in [0.2, 0.25) is 12.3 Å². The lowest BCUT2D eigenvalue weighted by atomic mass is 9.81. The number of carbonyl (C=O) groups excluding carboxylic acids is 2. The number of H-pyrrole nitrogens is 2. The molecule has 86 heavy (non-hydrogen) atoms. The van der Waals surface area contributed by atoms with E-state index >= 15 is 0 Å². The van der Waals surface area contributed by atoms with Crippen LogP contribution in [-0.2, 0) is 27.0 Å². The Morgan fingerprint density at radius 1 is 1.00 bits per heavy atom. The molecule has 5 aromatic heterocycles. The summed E-state index contributed by atoms with van der Waals surface area (Å²) in [5.41, 5.74) is 3.79. The van der Waals surface area contributed by atoms with Crippen molar-refractivity contribution < 1.29 is 36.3 Å². The van der Waals surface area contributed by atoms with E-state index in [1.54, 1.807) is 30.4 Å². The molecule has 2 amide bonds. The monoisotopic (exact) mass is 1230 g/mol. The normalized spacial score (nSPS) is 22.1. The van der Waals surface area contributed by atoms with Gasteiger partial charge in [0, 0.05) is 78.7 Å². The van der Waals surface area contributed by atoms with Gasteiger partial charge in [0.05, 0.1) is 61.8 Å². The molecule has 5 fully saturated rings. The van der Waals surface area contributed by atoms with E-state index in [0.29, 0.717) is 64.4 Å². The molecule has 5 aliphatic rings. The van der Waals surface area contributed by atoms with Crippen molar-refractivity contribution in [3.8, 4) is 21.7 Å². The van der Waals surface area contributed by atoms with E-state index in [1.165, 1.54) is 66.5 Å². The van der Waals surface area contributed by atoms with Gasteiger partial charge in [-0.25, -0.2) is 18.6 Å². The standard InChI is InChI=1S/C24H20F3N7OS.C21H36F2N2O2.C12H12N2OS.C6H13N/c1-10-6-15-14(7-29-33-15)16(18(10)24(25,26)27)19-20-13(4-5-28-19)17-21(31-23(35)32-22(17)36-20)34-8-11-2-3-12(9-34)30-11;1-7-16(18(2,3)4)24-17(26)12-27-15-19(5)8-10-25(11-9-19)14-20(6)13-21(20,22)23;1-9-12(16-8-14-9)11-4-2-10(3-5-11)6-13-7-15;1-6-4-3-5-7(6)2/h4-7,11-12,30H,2-3,8-9H2,1H3,(H,29,33)(H,31,32,35);7,16H,1,8-15H2,2-6H3,(H,24,26);2-5,7-8H,6H2,1H3,(H,13,15);6H,3-5H2,1-2H3/t;16-,20-;;6-/m.1.1/s1. The van der Waals surface area contributed by atoms with Gasteiger partial charge in [-0.15, -0.1) is 29.3 Å². The quantitative estimate of drug-likeness (QED) is 0.0394. The van der Waals surface area contributed by atoms with Gasteiger partial charge in [-0.1, -0.05) is 65.0 Å². The van der Waals surface area contributed by atoms with E-state index in [0.717, 1.165) is 79.9 Å². The minimum Gasteiger partial charge on any atom is -0.371 e. The molecule has 0 radical (unpaired) electrons. The number of aromatic nitrogens is 6. The van der Waals surface area contributed by atoms with Gasteiger partial charge in [-0.2, -0.15) is 23.3 Å². The number of nitrogens with one attached hydrogen (secondary N) is 5. The third-order valence-electron chi connectivity index (χ3n) is 17.7. The van der Waals surface area contributed by atoms with Crippen LogP contribution in [0.2, 0.25) is 0 Å². The molecule has 16 nitrogen and oxygen atoms in total. The first-order chi connectivity index (χ1) is 40.7. The molecule has 4 aliphatic heterocycles. The molecule has 464 valence electrons. The summed E-state index contributed by atoms with van der Waals surface area (Å²) in [4.78, 5) is 59.0. The van der Waals surface area contributed by atoms with E-state index in [2.05, 4.69) is 100 Å². The molecule has 1 aliphatic carbocycles. The van der Waals surface area contributed by atoms with E-state index in [-0.39, 0.29) is 52.6 Å². The van der Waals surface area contributed by atoms with E-state index in [4.69, 9.17) is 4.74 Å². The van der Waals surface area contributed by atoms with E-state index in [1.807, 2.05) is 45.3 Å². The molecule has 2 bridgehead atoms. The van der Waals surface area contributed by atoms with E-state index in [9.17, 15) is 36.3 Å². The third kappa shape index (κ3) is 14.8. The number of pyridine rings is 1. The SMILES string of the molecule is C=C[C@@H](NC(=O)COCC1(C)CCN(C[C@@]2(C)CC2(F)F)CC1)C(C)(C)C.C[C@@H]1CCCN1C.Cc1cc2[nH]ncc2c(-c2nccc3c2sc2nc(=O)[nH]c(N4CC5CCC(C4)N5)c23)c1C(F)(F)F.Cc1ncsc1-c1ccc(CNC=O)cc1. The van der Waals surface area contributed by atoms with Crippen molar-refractivity contribution in [1.29, 1.82) is 0 Å². The van der Waals surface area contributed by atoms with Crippen molar-refractivity contribution in [1.82, 2.24) is 55.9 Å². The molecule has 4 saturated heterocycles. The van der Waals surface area contributed by atoms with Crippen LogP contribution in [0.15, 0.2) is 71.8 Å². The maximum Gasteiger partial charge on any atom is 0.417 e. The number of thiazole rings is 1. The van der Waals surface area contributed by atoms with Crippen LogP contribution in [0.5, 0.6) is 0 Å². The van der Waals surface area contributed by atoms with Crippen LogP contribution in [0.4, 0.5) is 27.8 Å². The topological polar surface area (TPSA) is 189 Å². The second-order valence-corrected chi connectivity index (χ2v) is 27.5. The highest BCUT2D eigenvalue weighted by atomic mass is 32.1. The highest BCUT2D eigenvalue weighted by Crippen LogP contribution is 2.60. The number of nitrogens with zero attached hydrogens (tertiary/aromatic N) is 7. The number of likely N-dealkylation sites (tertiary alicyclic amines) is 2. The van der Waals surface area contributed by atoms with Gasteiger partial charge in [0.1, 0.15) is 17.3 Å². The van der Waals surface area contributed by atoms with Crippen LogP contribution in [0.1, 0.15) is 109 Å². The molecular formula is C63H81F5N12O4S2. The largest absolute Gasteiger partial charge is 0.417 e. The number of benzene rings is 2. The molecule has 7 aromatic rings. The lowest BCUT2D eigenvalue weighted by Gasteiger charge is -2.40. The number of thiophene rings is 1. The lowest BCUT2D eigenvalue weighted by Crippen LogP contribution is -2.51. The Morgan fingerprint density at radius 3 is 2.27 bits per heavy atom. The van der Waals surface area contributed by atoms with Gasteiger partial charge in [-0.3, -0.25) is 24.7 Å². The maximum atomic E-state index is 14.3. The average molecular weight is 1230 g/mol. The minimum atomic E-state index is -4.59. The first kappa shape index (κ1) is 64.2. The van der Waals surface area contributed by atoms with Crippen molar-refractivity contribution in [2.24, 2.45) is 16.2 Å². The average Bonchev–Trinajstić information content (AvgIpc) is 2.11. The Labute approximate surface area is 507 Å². The zero-order chi connectivity index (χ0) is 61.9. The van der Waals surface area contributed by atoms with Crippen LogP contribution in [0, 0.1) is 30.1 Å². The number of anilines is 1. The van der Waals surface area contributed by atoms with Gasteiger partial charge < -0.3 is 35.4 Å². The first-order valence-electron chi connectivity index (χ1n) is 29.5. The van der Waals surface area contributed by atoms with E-state index < -0.39 is 28.8 Å². The highest BCUT2D eigenvalue weighted by molar-refractivity contribution is 7.26. The molecule has 1 saturated carbocycles. The summed E-state index contributed by atoms with van der Waals surface area (Å²) in [6.45, 7) is 25.5. The van der Waals surface area contributed by atoms with Gasteiger partial charge in [0.15, 0.2) is 0 Å². The zero-order valence-corrected chi connectivity index (χ0v) is 52.3. The molecule has 12 rings (SSSR count). The molecule has 2 unspecified atom stereocenters. The number of aryl methyl sites for hydroxylation is 2. The summed E-state index contributed by atoms with van der Waals surface area (Å²) >= 11 is 2.84. The Balaban J connectivity index is 0.000000155. The minimum absolute atomic E-state index is 0.00621. The number of hydrogen-bond acceptors (Lipinski definition) is 14. The van der Waals surface area contributed by atoms with Crippen molar-refractivity contribution in [2.45, 2.75) is 143 Å². The second-order valence-electron chi connectivity index (χ2n) is 25.6. The Hall–Kier alpha value is -6.24. The van der Waals surface area contributed by atoms with Gasteiger partial charge >= 0.3 is 11.9 Å². The number of rotatable bonds is 14. The summed E-state index contributed by atoms with van der Waals surface area (Å²) in [5.74, 6) is -1.97. The Kier molecular flexibility index (Phi) is 19.6. The fourth-order valence-electron chi connectivity index (χ4n) is 12.2.